The van der Waals surface area contributed by atoms with E-state index in [4.69, 9.17) is 4.74 Å². The number of nitrogens with zero attached hydrogens (tertiary/aromatic N) is 2. The topological polar surface area (TPSA) is 105 Å². The van der Waals surface area contributed by atoms with E-state index >= 15 is 0 Å². The third kappa shape index (κ3) is 8.44. The van der Waals surface area contributed by atoms with Gasteiger partial charge in [-0.15, -0.1) is 0 Å². The van der Waals surface area contributed by atoms with Gasteiger partial charge in [0, 0.05) is 44.0 Å². The number of anilines is 1. The van der Waals surface area contributed by atoms with E-state index in [1.165, 1.54) is 36.3 Å². The van der Waals surface area contributed by atoms with Crippen molar-refractivity contribution >= 4 is 29.6 Å². The predicted molar refractivity (Wildman–Crippen MR) is 133 cm³/mol. The molecule has 0 saturated carbocycles. The van der Waals surface area contributed by atoms with Crippen molar-refractivity contribution in [1.29, 1.82) is 0 Å². The molecule has 3 amide bonds. The van der Waals surface area contributed by atoms with Crippen molar-refractivity contribution in [2.24, 2.45) is 0 Å². The van der Waals surface area contributed by atoms with Gasteiger partial charge in [0.15, 0.2) is 0 Å². The molecule has 0 aromatic heterocycles. The minimum Gasteiger partial charge on any atom is -0.465 e. The van der Waals surface area contributed by atoms with E-state index < -0.39 is 17.7 Å². The molecule has 1 N–H and O–H groups in total. The van der Waals surface area contributed by atoms with Gasteiger partial charge in [-0.2, -0.15) is 0 Å². The molecule has 2 aromatic carbocycles. The Balaban J connectivity index is 1.93. The number of hydrogen-bond acceptors (Lipinski definition) is 6. The highest BCUT2D eigenvalue weighted by Crippen LogP contribution is 2.15. The maximum absolute atomic E-state index is 12.8. The van der Waals surface area contributed by atoms with Gasteiger partial charge in [0.05, 0.1) is 12.7 Å². The summed E-state index contributed by atoms with van der Waals surface area (Å²) in [7, 11) is 4.63. The molecule has 35 heavy (non-hydrogen) atoms. The Morgan fingerprint density at radius 3 is 2.06 bits per heavy atom. The Morgan fingerprint density at radius 2 is 1.46 bits per heavy atom. The average molecular weight is 484 g/mol. The lowest BCUT2D eigenvalue weighted by Gasteiger charge is -2.25. The summed E-state index contributed by atoms with van der Waals surface area (Å²) < 4.78 is 9.98. The van der Waals surface area contributed by atoms with Crippen LogP contribution in [0.2, 0.25) is 0 Å². The fraction of sp³-hybridized carbons (Fsp3) is 0.385. The van der Waals surface area contributed by atoms with Gasteiger partial charge in [-0.3, -0.25) is 9.59 Å². The first-order chi connectivity index (χ1) is 16.4. The lowest BCUT2D eigenvalue weighted by molar-refractivity contribution is 0.0294. The Bertz CT molecular complexity index is 1060. The first-order valence-corrected chi connectivity index (χ1v) is 11.2. The lowest BCUT2D eigenvalue weighted by atomic mass is 10.1. The highest BCUT2D eigenvalue weighted by atomic mass is 16.6. The molecule has 2 aromatic rings. The number of nitrogens with one attached hydrogen (secondary N) is 1. The molecule has 0 bridgehead atoms. The van der Waals surface area contributed by atoms with E-state index in [0.717, 1.165) is 0 Å². The second-order valence-corrected chi connectivity index (χ2v) is 9.09. The Kier molecular flexibility index (Phi) is 9.39. The van der Waals surface area contributed by atoms with Crippen molar-refractivity contribution in [1.82, 2.24) is 9.80 Å². The van der Waals surface area contributed by atoms with Crippen LogP contribution in [0.15, 0.2) is 48.5 Å². The Hall–Kier alpha value is -3.88. The van der Waals surface area contributed by atoms with Crippen molar-refractivity contribution in [3.8, 4) is 0 Å². The van der Waals surface area contributed by atoms with Gasteiger partial charge in [0.2, 0.25) is 0 Å². The monoisotopic (exact) mass is 483 g/mol. The molecule has 0 spiro atoms. The second kappa shape index (κ2) is 12.0. The number of carbonyl (C=O) groups excluding carboxylic acids is 4. The van der Waals surface area contributed by atoms with Crippen molar-refractivity contribution in [3.63, 3.8) is 0 Å². The predicted octanol–water partition coefficient (Wildman–Crippen LogP) is 4.05. The van der Waals surface area contributed by atoms with E-state index in [-0.39, 0.29) is 11.8 Å². The first-order valence-electron chi connectivity index (χ1n) is 11.2. The average Bonchev–Trinajstić information content (AvgIpc) is 2.82. The van der Waals surface area contributed by atoms with E-state index in [0.29, 0.717) is 41.9 Å². The number of ether oxygens (including phenoxy) is 2. The molecule has 0 aliphatic carbocycles. The fourth-order valence-corrected chi connectivity index (χ4v) is 3.11. The van der Waals surface area contributed by atoms with Gasteiger partial charge < -0.3 is 24.6 Å². The third-order valence-electron chi connectivity index (χ3n) is 4.97. The van der Waals surface area contributed by atoms with Gasteiger partial charge >= 0.3 is 12.1 Å². The summed E-state index contributed by atoms with van der Waals surface area (Å²) in [6.07, 6.45) is 0.172. The summed E-state index contributed by atoms with van der Waals surface area (Å²) >= 11 is 0. The van der Waals surface area contributed by atoms with Gasteiger partial charge in [0.1, 0.15) is 5.60 Å². The van der Waals surface area contributed by atoms with Gasteiger partial charge in [-0.1, -0.05) is 6.07 Å². The van der Waals surface area contributed by atoms with Crippen molar-refractivity contribution in [3.05, 3.63) is 65.2 Å². The normalized spacial score (nSPS) is 10.8. The molecule has 0 aliphatic heterocycles. The fourth-order valence-electron chi connectivity index (χ4n) is 3.11. The zero-order valence-electron chi connectivity index (χ0n) is 21.1. The van der Waals surface area contributed by atoms with Crippen LogP contribution in [0.5, 0.6) is 0 Å². The first kappa shape index (κ1) is 27.4. The number of esters is 1. The molecular weight excluding hydrogens is 450 g/mol. The molecule has 0 unspecified atom stereocenters. The van der Waals surface area contributed by atoms with Crippen LogP contribution in [-0.4, -0.2) is 73.6 Å². The van der Waals surface area contributed by atoms with Crippen molar-refractivity contribution in [2.75, 3.05) is 39.6 Å². The number of carbonyl (C=O) groups is 4. The van der Waals surface area contributed by atoms with Crippen LogP contribution in [0, 0.1) is 0 Å². The quantitative estimate of drug-likeness (QED) is 0.568. The highest BCUT2D eigenvalue weighted by Gasteiger charge is 2.20. The van der Waals surface area contributed by atoms with Crippen LogP contribution < -0.4 is 5.32 Å². The van der Waals surface area contributed by atoms with Crippen LogP contribution in [0.4, 0.5) is 10.5 Å². The number of hydrogen-bond donors (Lipinski definition) is 1. The lowest BCUT2D eigenvalue weighted by Crippen LogP contribution is -2.36. The number of benzene rings is 2. The third-order valence-corrected chi connectivity index (χ3v) is 4.97. The SMILES string of the molecule is COC(=O)c1ccc(C(=O)Nc2cccc(C(=O)N(C)CCCN(C)C(=O)OC(C)(C)C)c2)cc1. The van der Waals surface area contributed by atoms with Crippen molar-refractivity contribution < 1.29 is 28.7 Å². The molecule has 0 radical (unpaired) electrons. The molecule has 0 aliphatic rings. The van der Waals surface area contributed by atoms with Gasteiger partial charge in [-0.05, 0) is 69.7 Å². The molecule has 0 fully saturated rings. The molecule has 0 heterocycles. The number of methoxy groups -OCH3 is 1. The second-order valence-electron chi connectivity index (χ2n) is 9.09. The van der Waals surface area contributed by atoms with E-state index in [2.05, 4.69) is 10.1 Å². The van der Waals surface area contributed by atoms with Crippen LogP contribution in [0.25, 0.3) is 0 Å². The molecule has 0 atom stereocenters. The van der Waals surface area contributed by atoms with Gasteiger partial charge in [-0.25, -0.2) is 9.59 Å². The Labute approximate surface area is 206 Å². The minimum absolute atomic E-state index is 0.205. The maximum Gasteiger partial charge on any atom is 0.410 e. The zero-order chi connectivity index (χ0) is 26.2. The van der Waals surface area contributed by atoms with Gasteiger partial charge in [0.25, 0.3) is 11.8 Å². The molecule has 188 valence electrons. The number of amides is 3. The highest BCUT2D eigenvalue weighted by molar-refractivity contribution is 6.05. The molecule has 2 rings (SSSR count). The summed E-state index contributed by atoms with van der Waals surface area (Å²) in [5, 5.41) is 2.76. The van der Waals surface area contributed by atoms with Crippen molar-refractivity contribution in [2.45, 2.75) is 32.8 Å². The summed E-state index contributed by atoms with van der Waals surface area (Å²) in [5.74, 6) is -1.06. The number of rotatable bonds is 8. The van der Waals surface area contributed by atoms with E-state index in [9.17, 15) is 19.2 Å². The largest absolute Gasteiger partial charge is 0.465 e. The summed E-state index contributed by atoms with van der Waals surface area (Å²) in [4.78, 5) is 52.0. The van der Waals surface area contributed by atoms with Crippen LogP contribution in [0.3, 0.4) is 0 Å². The smallest absolute Gasteiger partial charge is 0.410 e. The van der Waals surface area contributed by atoms with Crippen LogP contribution in [-0.2, 0) is 9.47 Å². The van der Waals surface area contributed by atoms with Crippen LogP contribution >= 0.6 is 0 Å². The van der Waals surface area contributed by atoms with Crippen LogP contribution in [0.1, 0.15) is 58.3 Å². The molecular formula is C26H33N3O6. The van der Waals surface area contributed by atoms with E-state index in [1.54, 1.807) is 43.3 Å². The van der Waals surface area contributed by atoms with E-state index in [1.807, 2.05) is 20.8 Å². The maximum atomic E-state index is 12.8. The molecule has 0 saturated heterocycles. The minimum atomic E-state index is -0.564. The Morgan fingerprint density at radius 1 is 0.857 bits per heavy atom. The standard InChI is InChI=1S/C26H33N3O6/c1-26(2,3)35-25(33)29(5)16-8-15-28(4)23(31)20-9-7-10-21(17-20)27-22(30)18-11-13-19(14-12-18)24(32)34-6/h7,9-14,17H,8,15-16H2,1-6H3,(H,27,30). The summed E-state index contributed by atoms with van der Waals surface area (Å²) in [5.41, 5.74) is 1.03. The molecule has 9 nitrogen and oxygen atoms in total. The zero-order valence-corrected chi connectivity index (χ0v) is 21.1. The molecule has 9 heteroatoms. The summed E-state index contributed by atoms with van der Waals surface area (Å²) in [6, 6.07) is 12.7. The summed E-state index contributed by atoms with van der Waals surface area (Å²) in [6.45, 7) is 6.31.